The van der Waals surface area contributed by atoms with Crippen LogP contribution >= 0.6 is 108 Å². The van der Waals surface area contributed by atoms with Gasteiger partial charge in [0.2, 0.25) is 0 Å². The van der Waals surface area contributed by atoms with Crippen molar-refractivity contribution in [3.63, 3.8) is 0 Å². The third kappa shape index (κ3) is 25.9. The zero-order valence-corrected chi connectivity index (χ0v) is 83.9. The first-order valence-electron chi connectivity index (χ1n) is 41.5. The monoisotopic (exact) mass is 2160 g/mol. The summed E-state index contributed by atoms with van der Waals surface area (Å²) in [4.78, 5) is 103. The summed E-state index contributed by atoms with van der Waals surface area (Å²) in [6, 6.07) is 61.4. The number of fused-ring (bicyclic) bond motifs is 4. The van der Waals surface area contributed by atoms with E-state index in [1.807, 2.05) is 106 Å². The minimum Gasteiger partial charge on any atom is -0.387 e. The molecule has 8 heterocycles. The molecule has 1 saturated carbocycles. The van der Waals surface area contributed by atoms with E-state index >= 15 is 0 Å². The number of nitrogens with zero attached hydrogens (tertiary/aromatic N) is 5. The summed E-state index contributed by atoms with van der Waals surface area (Å²) in [6.07, 6.45) is 10.3. The Hall–Kier alpha value is -12.9. The summed E-state index contributed by atoms with van der Waals surface area (Å²) in [5.74, 6) is 0.756. The molecule has 8 aromatic carbocycles. The van der Waals surface area contributed by atoms with Gasteiger partial charge in [-0.2, -0.15) is 0 Å². The second-order valence-corrected chi connectivity index (χ2v) is 46.0. The normalized spacial score (nSPS) is 12.0. The molecule has 138 heavy (non-hydrogen) atoms. The van der Waals surface area contributed by atoms with Gasteiger partial charge >= 0.3 is 24.1 Å². The van der Waals surface area contributed by atoms with Crippen molar-refractivity contribution in [2.45, 2.75) is 43.0 Å². The number of hydrogen-bond acceptors (Lipinski definition) is 25. The molecule has 1 fully saturated rings. The molecule has 8 amide bonds. The number of rotatable bonds is 27. The predicted molar refractivity (Wildman–Crippen MR) is 557 cm³/mol. The van der Waals surface area contributed by atoms with Crippen LogP contribution < -0.4 is 83.7 Å². The van der Waals surface area contributed by atoms with E-state index in [1.54, 1.807) is 147 Å². The fourth-order valence-corrected chi connectivity index (χ4v) is 23.6. The topological polar surface area (TPSA) is 440 Å². The summed E-state index contributed by atoms with van der Waals surface area (Å²) in [6.45, 7) is 5.59. The molecule has 0 spiro atoms. The van der Waals surface area contributed by atoms with Crippen molar-refractivity contribution in [1.82, 2.24) is 42.1 Å². The fourth-order valence-electron chi connectivity index (χ4n) is 13.5. The van der Waals surface area contributed by atoms with Crippen molar-refractivity contribution in [3.05, 3.63) is 325 Å². The van der Waals surface area contributed by atoms with Gasteiger partial charge in [-0.1, -0.05) is 53.3 Å². The number of urea groups is 4. The highest BCUT2D eigenvalue weighted by Gasteiger charge is 2.26. The molecule has 46 heteroatoms. The molecule has 0 aliphatic heterocycles. The van der Waals surface area contributed by atoms with Crippen LogP contribution in [0.4, 0.5) is 64.7 Å². The zero-order chi connectivity index (χ0) is 98.5. The predicted octanol–water partition coefficient (Wildman–Crippen LogP) is 19.3. The number of carbonyl (C=O) groups excluding carboxylic acids is 4. The van der Waals surface area contributed by atoms with Gasteiger partial charge in [-0.05, 0) is 313 Å². The standard InChI is InChI=1S/C24H24ClN5O4S2.C24H21ClN4O4S2.C23H21ClN4O4S2.C21H16BrClN4O4S2/c1-29(2)14-12-26-18-5-8-20-16(15-18)11-13-30(23(20)31)19-6-3-17(4-7-19)27-24(32)28-36(33,34)22-10-9-21(25)35-22;25-21-9-10-22(34-21)35(32,33)28-24(31)27-17-3-6-19(7-4-17)29-12-11-16-13-18(26-14-15-1-2-15)5-8-20(16)23(29)30;1-2-12-25-17-5-8-19-15(14-17)11-13-28(22(19)29)18-6-3-16(4-7-18)26-23(30)27-34(31,32)21-10-9-20(24)33-21;1-24-17-10-12-8-9-27(20(28)15(12)11-16(17)22)14-4-2-13(3-5-14)25-21(29)26-33(30,31)19-7-6-18(23)32-19/h3-11,13,15,26H,12,14H2,1-2H3,(H2,27,28,32);3-13,15,26H,1-2,14H2,(H2,27,28,31);3-11,13-14,25H,2,12H2,1H3,(H2,26,27,30);2-11,24H,1H3,(H2,25,26,29). The van der Waals surface area contributed by atoms with Crippen LogP contribution in [0.3, 0.4) is 0 Å². The number of likely N-dealkylation sites (N-methyl/N-ethyl adjacent to an activating group) is 1. The lowest BCUT2D eigenvalue weighted by Crippen LogP contribution is -2.33. The molecule has 1 aliphatic carbocycles. The lowest BCUT2D eigenvalue weighted by Gasteiger charge is -2.13. The molecule has 0 bridgehead atoms. The third-order valence-corrected chi connectivity index (χ3v) is 33.4. The van der Waals surface area contributed by atoms with Crippen molar-refractivity contribution in [1.29, 1.82) is 0 Å². The van der Waals surface area contributed by atoms with Crippen molar-refractivity contribution in [2.75, 3.05) is 89.9 Å². The lowest BCUT2D eigenvalue weighted by atomic mass is 10.1. The first-order chi connectivity index (χ1) is 65.8. The second kappa shape index (κ2) is 44.3. The maximum Gasteiger partial charge on any atom is 0.333 e. The van der Waals surface area contributed by atoms with E-state index in [0.717, 1.165) is 133 Å². The molecule has 0 unspecified atom stereocenters. The van der Waals surface area contributed by atoms with Gasteiger partial charge in [0.15, 0.2) is 0 Å². The van der Waals surface area contributed by atoms with E-state index in [4.69, 9.17) is 46.4 Å². The Labute approximate surface area is 834 Å². The number of amides is 8. The van der Waals surface area contributed by atoms with Crippen LogP contribution in [0.5, 0.6) is 0 Å². The summed E-state index contributed by atoms with van der Waals surface area (Å²) in [7, 11) is -10.3. The molecule has 17 rings (SSSR count). The van der Waals surface area contributed by atoms with Gasteiger partial charge in [-0.25, -0.2) is 71.7 Å². The Morgan fingerprint density at radius 3 is 0.906 bits per heavy atom. The SMILES string of the molecule is CCCNc1ccc2c(=O)n(-c3ccc(NC(=O)NS(=O)(=O)c4ccc(Cl)s4)cc3)ccc2c1.CN(C)CCNc1ccc2c(=O)n(-c3ccc(NC(=O)NS(=O)(=O)c4ccc(Cl)s4)cc3)ccc2c1.CNc1cc2ccn(-c3ccc(NC(=O)NS(=O)(=O)c4ccc(Cl)s4)cc3)c(=O)c2cc1Br.O=C(Nc1ccc(-n2ccc3cc(NCC4CC4)ccc3c2=O)cc1)NS(=O)(=O)c1ccc(Cl)s1. The molecule has 714 valence electrons. The Morgan fingerprint density at radius 1 is 0.362 bits per heavy atom. The number of anilines is 8. The largest absolute Gasteiger partial charge is 0.387 e. The number of halogens is 5. The van der Waals surface area contributed by atoms with Crippen LogP contribution in [0.15, 0.2) is 302 Å². The zero-order valence-electron chi connectivity index (χ0n) is 72.8. The van der Waals surface area contributed by atoms with E-state index in [9.17, 15) is 72.0 Å². The van der Waals surface area contributed by atoms with Crippen LogP contribution in [0.25, 0.3) is 65.8 Å². The van der Waals surface area contributed by atoms with Gasteiger partial charge in [0.25, 0.3) is 62.3 Å². The maximum absolute atomic E-state index is 13.1. The first-order valence-corrected chi connectivity index (χ1v) is 53.0. The first kappa shape index (κ1) is 101. The number of thiophene rings is 4. The third-order valence-electron chi connectivity index (χ3n) is 20.5. The Bertz CT molecular complexity index is 8070. The van der Waals surface area contributed by atoms with Crippen LogP contribution in [-0.2, 0) is 40.1 Å². The maximum atomic E-state index is 13.1. The highest BCUT2D eigenvalue weighted by Crippen LogP contribution is 2.34. The number of carbonyl (C=O) groups is 4. The summed E-state index contributed by atoms with van der Waals surface area (Å²) >= 11 is 29.9. The van der Waals surface area contributed by atoms with E-state index in [2.05, 4.69) is 70.3 Å². The molecule has 1 aliphatic rings. The Balaban J connectivity index is 0.000000147. The van der Waals surface area contributed by atoms with E-state index in [-0.39, 0.29) is 39.1 Å². The summed E-state index contributed by atoms with van der Waals surface area (Å²) < 4.78 is 113. The van der Waals surface area contributed by atoms with Gasteiger partial charge in [0, 0.05) is 152 Å². The van der Waals surface area contributed by atoms with Crippen LogP contribution in [0.1, 0.15) is 26.2 Å². The molecule has 8 aromatic heterocycles. The fraction of sp³-hybridized carbons (Fsp3) is 0.130. The van der Waals surface area contributed by atoms with Crippen molar-refractivity contribution in [3.8, 4) is 22.7 Å². The molecule has 12 N–H and O–H groups in total. The van der Waals surface area contributed by atoms with Gasteiger partial charge < -0.3 is 47.4 Å². The van der Waals surface area contributed by atoms with Gasteiger partial charge in [-0.3, -0.25) is 37.4 Å². The quantitative estimate of drug-likeness (QED) is 0.0227. The molecular weight excluding hydrogens is 2080 g/mol. The lowest BCUT2D eigenvalue weighted by molar-refractivity contribution is 0.255. The minimum absolute atomic E-state index is 0.0607. The van der Waals surface area contributed by atoms with Crippen molar-refractivity contribution < 1.29 is 52.8 Å². The van der Waals surface area contributed by atoms with Gasteiger partial charge in [-0.15, -0.1) is 45.3 Å². The number of aromatic nitrogens is 4. The summed E-state index contributed by atoms with van der Waals surface area (Å²) in [5, 5.41) is 28.6. The number of sulfonamides is 4. The summed E-state index contributed by atoms with van der Waals surface area (Å²) in [5.41, 5.74) is 6.92. The number of nitrogens with one attached hydrogen (secondary N) is 12. The van der Waals surface area contributed by atoms with Crippen LogP contribution in [0, 0.1) is 5.92 Å². The molecular formula is C92H82BrCl4N17O16S8. The number of hydrogen-bond donors (Lipinski definition) is 12. The molecule has 0 radical (unpaired) electrons. The smallest absolute Gasteiger partial charge is 0.333 e. The van der Waals surface area contributed by atoms with Crippen molar-refractivity contribution in [2.24, 2.45) is 5.92 Å². The second-order valence-electron chi connectivity index (χ2n) is 30.7. The average Bonchev–Trinajstić information content (AvgIpc) is 0.928. The minimum atomic E-state index is -4.03. The van der Waals surface area contributed by atoms with Crippen LogP contribution in [-0.4, -0.2) is 128 Å². The average molecular weight is 2160 g/mol. The highest BCUT2D eigenvalue weighted by molar-refractivity contribution is 9.10. The number of benzene rings is 8. The molecule has 0 saturated heterocycles. The highest BCUT2D eigenvalue weighted by atomic mass is 79.9. The van der Waals surface area contributed by atoms with E-state index in [1.165, 1.54) is 79.6 Å². The Kier molecular flexibility index (Phi) is 32.4. The molecule has 33 nitrogen and oxygen atoms in total. The van der Waals surface area contributed by atoms with Gasteiger partial charge in [0.1, 0.15) is 16.8 Å². The van der Waals surface area contributed by atoms with E-state index in [0.29, 0.717) is 84.4 Å². The van der Waals surface area contributed by atoms with Crippen LogP contribution in [0.2, 0.25) is 17.3 Å². The number of pyridine rings is 4. The molecule has 0 atom stereocenters. The molecule has 16 aromatic rings. The van der Waals surface area contributed by atoms with E-state index < -0.39 is 64.2 Å². The van der Waals surface area contributed by atoms with Gasteiger partial charge in [0.05, 0.1) is 17.3 Å². The Morgan fingerprint density at radius 2 is 0.638 bits per heavy atom. The van der Waals surface area contributed by atoms with Crippen molar-refractivity contribution >= 4 is 260 Å².